The highest BCUT2D eigenvalue weighted by atomic mass is 16.1. The Morgan fingerprint density at radius 3 is 2.53 bits per heavy atom. The fourth-order valence-corrected chi connectivity index (χ4v) is 2.78. The van der Waals surface area contributed by atoms with Crippen molar-refractivity contribution in [1.29, 1.82) is 0 Å². The van der Waals surface area contributed by atoms with E-state index < -0.39 is 0 Å². The molecule has 2 atom stereocenters. The zero-order valence-corrected chi connectivity index (χ0v) is 10.7. The summed E-state index contributed by atoms with van der Waals surface area (Å²) in [6.07, 6.45) is 3.25. The van der Waals surface area contributed by atoms with E-state index in [2.05, 4.69) is 17.0 Å². The fourth-order valence-electron chi connectivity index (χ4n) is 2.78. The van der Waals surface area contributed by atoms with Crippen molar-refractivity contribution >= 4 is 5.78 Å². The number of carbonyl (C=O) groups excluding carboxylic acids is 1. The predicted octanol–water partition coefficient (Wildman–Crippen LogP) is 2.70. The lowest BCUT2D eigenvalue weighted by Gasteiger charge is -2.29. The highest BCUT2D eigenvalue weighted by Gasteiger charge is 2.31. The first-order chi connectivity index (χ1) is 8.18. The summed E-state index contributed by atoms with van der Waals surface area (Å²) < 4.78 is 0. The van der Waals surface area contributed by atoms with Crippen molar-refractivity contribution in [3.63, 3.8) is 0 Å². The van der Waals surface area contributed by atoms with E-state index in [0.717, 1.165) is 19.4 Å². The topological polar surface area (TPSA) is 20.3 Å². The van der Waals surface area contributed by atoms with Crippen molar-refractivity contribution in [2.24, 2.45) is 5.92 Å². The highest BCUT2D eigenvalue weighted by molar-refractivity contribution is 5.88. The first kappa shape index (κ1) is 12.3. The lowest BCUT2D eigenvalue weighted by molar-refractivity contribution is -0.126. The molecular formula is C15H21NO. The molecule has 0 spiro atoms. The van der Waals surface area contributed by atoms with E-state index in [4.69, 9.17) is 0 Å². The third kappa shape index (κ3) is 2.95. The van der Waals surface area contributed by atoms with Crippen LogP contribution in [-0.2, 0) is 4.79 Å². The van der Waals surface area contributed by atoms with Gasteiger partial charge >= 0.3 is 0 Å². The molecule has 0 N–H and O–H groups in total. The van der Waals surface area contributed by atoms with Crippen LogP contribution in [0.5, 0.6) is 0 Å². The molecule has 1 aromatic carbocycles. The van der Waals surface area contributed by atoms with Crippen LogP contribution in [-0.4, -0.2) is 31.3 Å². The lowest BCUT2D eigenvalue weighted by atomic mass is 9.76. The number of nitrogens with zero attached hydrogens (tertiary/aromatic N) is 1. The van der Waals surface area contributed by atoms with Crippen molar-refractivity contribution in [1.82, 2.24) is 4.90 Å². The highest BCUT2D eigenvalue weighted by Crippen LogP contribution is 2.33. The monoisotopic (exact) mass is 231 g/mol. The maximum absolute atomic E-state index is 12.4. The standard InChI is InChI=1S/C15H21NO/c1-16(2)11-13-9-6-10-14(15(13)17)12-7-4-3-5-8-12/h3-5,7-8,13-14H,6,9-11H2,1-2H3. The van der Waals surface area contributed by atoms with Crippen LogP contribution in [0.3, 0.4) is 0 Å². The zero-order chi connectivity index (χ0) is 12.3. The normalized spacial score (nSPS) is 25.2. The third-order valence-corrected chi connectivity index (χ3v) is 3.58. The van der Waals surface area contributed by atoms with Crippen LogP contribution in [0.25, 0.3) is 0 Å². The van der Waals surface area contributed by atoms with Gasteiger partial charge in [0.25, 0.3) is 0 Å². The van der Waals surface area contributed by atoms with Gasteiger partial charge in [0.15, 0.2) is 0 Å². The summed E-state index contributed by atoms with van der Waals surface area (Å²) in [7, 11) is 4.08. The summed E-state index contributed by atoms with van der Waals surface area (Å²) in [6.45, 7) is 0.891. The smallest absolute Gasteiger partial charge is 0.144 e. The van der Waals surface area contributed by atoms with Gasteiger partial charge in [-0.3, -0.25) is 4.79 Å². The second-order valence-corrected chi connectivity index (χ2v) is 5.26. The summed E-state index contributed by atoms with van der Waals surface area (Å²) in [5.74, 6) is 0.801. The molecule has 1 saturated carbocycles. The molecule has 1 aliphatic rings. The van der Waals surface area contributed by atoms with Crippen molar-refractivity contribution in [2.75, 3.05) is 20.6 Å². The summed E-state index contributed by atoms with van der Waals surface area (Å²) in [5, 5.41) is 0. The van der Waals surface area contributed by atoms with Crippen LogP contribution in [0.1, 0.15) is 30.7 Å². The molecule has 0 aliphatic heterocycles. The molecule has 2 rings (SSSR count). The van der Waals surface area contributed by atoms with Gasteiger partial charge in [0.2, 0.25) is 0 Å². The van der Waals surface area contributed by atoms with Gasteiger partial charge < -0.3 is 4.90 Å². The minimum atomic E-state index is 0.134. The van der Waals surface area contributed by atoms with Crippen molar-refractivity contribution in [3.8, 4) is 0 Å². The van der Waals surface area contributed by atoms with Crippen molar-refractivity contribution in [2.45, 2.75) is 25.2 Å². The van der Waals surface area contributed by atoms with Crippen molar-refractivity contribution < 1.29 is 4.79 Å². The summed E-state index contributed by atoms with van der Waals surface area (Å²) >= 11 is 0. The van der Waals surface area contributed by atoms with Gasteiger partial charge in [0, 0.05) is 18.4 Å². The molecule has 17 heavy (non-hydrogen) atoms. The zero-order valence-electron chi connectivity index (χ0n) is 10.7. The lowest BCUT2D eigenvalue weighted by Crippen LogP contribution is -2.34. The molecule has 0 bridgehead atoms. The Morgan fingerprint density at radius 2 is 1.88 bits per heavy atom. The average molecular weight is 231 g/mol. The Balaban J connectivity index is 2.11. The van der Waals surface area contributed by atoms with E-state index in [1.54, 1.807) is 0 Å². The van der Waals surface area contributed by atoms with Gasteiger partial charge in [-0.05, 0) is 32.5 Å². The largest absolute Gasteiger partial charge is 0.309 e. The molecule has 0 radical (unpaired) electrons. The maximum Gasteiger partial charge on any atom is 0.144 e. The van der Waals surface area contributed by atoms with E-state index in [0.29, 0.717) is 5.78 Å². The molecule has 1 fully saturated rings. The van der Waals surface area contributed by atoms with Crippen LogP contribution < -0.4 is 0 Å². The molecular weight excluding hydrogens is 210 g/mol. The molecule has 2 unspecified atom stereocenters. The molecule has 92 valence electrons. The van der Waals surface area contributed by atoms with Crippen molar-refractivity contribution in [3.05, 3.63) is 35.9 Å². The van der Waals surface area contributed by atoms with Crippen LogP contribution >= 0.6 is 0 Å². The van der Waals surface area contributed by atoms with Gasteiger partial charge in [0.05, 0.1) is 0 Å². The Kier molecular flexibility index (Phi) is 3.95. The Hall–Kier alpha value is -1.15. The second-order valence-electron chi connectivity index (χ2n) is 5.26. The van der Waals surface area contributed by atoms with E-state index in [1.807, 2.05) is 32.3 Å². The molecule has 1 aromatic rings. The van der Waals surface area contributed by atoms with Gasteiger partial charge in [0.1, 0.15) is 5.78 Å². The average Bonchev–Trinajstić information content (AvgIpc) is 2.32. The number of hydrogen-bond acceptors (Lipinski definition) is 2. The first-order valence-electron chi connectivity index (χ1n) is 6.42. The van der Waals surface area contributed by atoms with E-state index >= 15 is 0 Å². The van der Waals surface area contributed by atoms with E-state index in [1.165, 1.54) is 12.0 Å². The van der Waals surface area contributed by atoms with Gasteiger partial charge in [-0.2, -0.15) is 0 Å². The molecule has 0 amide bonds. The molecule has 0 saturated heterocycles. The fraction of sp³-hybridized carbons (Fsp3) is 0.533. The van der Waals surface area contributed by atoms with Gasteiger partial charge in [-0.25, -0.2) is 0 Å². The number of rotatable bonds is 3. The van der Waals surface area contributed by atoms with Gasteiger partial charge in [-0.15, -0.1) is 0 Å². The molecule has 2 heteroatoms. The van der Waals surface area contributed by atoms with E-state index in [-0.39, 0.29) is 11.8 Å². The second kappa shape index (κ2) is 5.46. The Labute approximate surface area is 104 Å². The summed E-state index contributed by atoms with van der Waals surface area (Å²) in [6, 6.07) is 10.2. The Bertz CT molecular complexity index is 372. The van der Waals surface area contributed by atoms with Crippen LogP contribution in [0, 0.1) is 5.92 Å². The summed E-state index contributed by atoms with van der Waals surface area (Å²) in [4.78, 5) is 14.6. The quantitative estimate of drug-likeness (QED) is 0.797. The molecule has 2 nitrogen and oxygen atoms in total. The maximum atomic E-state index is 12.4. The molecule has 1 aliphatic carbocycles. The van der Waals surface area contributed by atoms with E-state index in [9.17, 15) is 4.79 Å². The molecule has 0 heterocycles. The number of ketones is 1. The van der Waals surface area contributed by atoms with Crippen LogP contribution in [0.15, 0.2) is 30.3 Å². The summed E-state index contributed by atoms with van der Waals surface area (Å²) in [5.41, 5.74) is 1.20. The third-order valence-electron chi connectivity index (χ3n) is 3.58. The number of Topliss-reactive ketones (excluding diaryl/α,β-unsaturated/α-hetero) is 1. The number of hydrogen-bond donors (Lipinski definition) is 0. The predicted molar refractivity (Wildman–Crippen MR) is 70.1 cm³/mol. The van der Waals surface area contributed by atoms with Gasteiger partial charge in [-0.1, -0.05) is 36.8 Å². The minimum absolute atomic E-state index is 0.134. The first-order valence-corrected chi connectivity index (χ1v) is 6.42. The minimum Gasteiger partial charge on any atom is -0.309 e. The number of benzene rings is 1. The molecule has 0 aromatic heterocycles. The van der Waals surface area contributed by atoms with Crippen LogP contribution in [0.2, 0.25) is 0 Å². The van der Waals surface area contributed by atoms with Crippen LogP contribution in [0.4, 0.5) is 0 Å². The number of carbonyl (C=O) groups is 1. The SMILES string of the molecule is CN(C)CC1CCCC(c2ccccc2)C1=O. The Morgan fingerprint density at radius 1 is 1.18 bits per heavy atom.